The highest BCUT2D eigenvalue weighted by molar-refractivity contribution is 7.20. The van der Waals surface area contributed by atoms with Crippen molar-refractivity contribution in [3.8, 4) is 5.75 Å². The first-order valence-corrected chi connectivity index (χ1v) is 8.24. The van der Waals surface area contributed by atoms with Gasteiger partial charge in [0.1, 0.15) is 11.6 Å². The molecule has 25 heavy (non-hydrogen) atoms. The summed E-state index contributed by atoms with van der Waals surface area (Å²) in [4.78, 5) is 24.3. The lowest BCUT2D eigenvalue weighted by molar-refractivity contribution is -0.114. The lowest BCUT2D eigenvalue weighted by Crippen LogP contribution is -2.14. The molecule has 0 aliphatic rings. The predicted octanol–water partition coefficient (Wildman–Crippen LogP) is 4.26. The Bertz CT molecular complexity index is 968. The number of nitrogens with one attached hydrogen (secondary N) is 2. The maximum Gasteiger partial charge on any atom is 0.265 e. The van der Waals surface area contributed by atoms with E-state index in [4.69, 9.17) is 4.74 Å². The molecule has 0 fully saturated rings. The second-order valence-electron chi connectivity index (χ2n) is 5.31. The number of carbonyl (C=O) groups is 2. The standard InChI is InChI=1S/C18H15FN2O3S/c1-10(22)20-14-7-6-11(24-2)8-15(14)21-18(23)17-9-12-13(19)4-3-5-16(12)25-17/h3-9H,1-2H3,(H,20,22)(H,21,23). The summed E-state index contributed by atoms with van der Waals surface area (Å²) < 4.78 is 19.7. The van der Waals surface area contributed by atoms with Gasteiger partial charge in [0.25, 0.3) is 5.91 Å². The minimum Gasteiger partial charge on any atom is -0.497 e. The minimum absolute atomic E-state index is 0.260. The minimum atomic E-state index is -0.388. The Morgan fingerprint density at radius 3 is 2.56 bits per heavy atom. The van der Waals surface area contributed by atoms with E-state index in [1.165, 1.54) is 37.5 Å². The Hall–Kier alpha value is -2.93. The van der Waals surface area contributed by atoms with Crippen molar-refractivity contribution in [2.24, 2.45) is 0 Å². The van der Waals surface area contributed by atoms with E-state index < -0.39 is 0 Å². The first-order chi connectivity index (χ1) is 12.0. The number of anilines is 2. The summed E-state index contributed by atoms with van der Waals surface area (Å²) in [6, 6.07) is 11.2. The molecule has 0 saturated carbocycles. The van der Waals surface area contributed by atoms with E-state index in [0.29, 0.717) is 32.1 Å². The van der Waals surface area contributed by atoms with Crippen molar-refractivity contribution in [1.29, 1.82) is 0 Å². The van der Waals surface area contributed by atoms with Gasteiger partial charge >= 0.3 is 0 Å². The number of ether oxygens (including phenoxy) is 1. The van der Waals surface area contributed by atoms with Crippen molar-refractivity contribution in [3.63, 3.8) is 0 Å². The maximum absolute atomic E-state index is 13.8. The number of hydrogen-bond acceptors (Lipinski definition) is 4. The molecule has 0 radical (unpaired) electrons. The second kappa shape index (κ2) is 6.90. The van der Waals surface area contributed by atoms with Crippen LogP contribution < -0.4 is 15.4 Å². The lowest BCUT2D eigenvalue weighted by atomic mass is 10.2. The van der Waals surface area contributed by atoms with Crippen molar-refractivity contribution < 1.29 is 18.7 Å². The van der Waals surface area contributed by atoms with Crippen LogP contribution in [0.4, 0.5) is 15.8 Å². The van der Waals surface area contributed by atoms with E-state index in [2.05, 4.69) is 10.6 Å². The summed E-state index contributed by atoms with van der Waals surface area (Å²) in [5.41, 5.74) is 0.853. The van der Waals surface area contributed by atoms with E-state index in [0.717, 1.165) is 0 Å². The Kier molecular flexibility index (Phi) is 4.67. The molecule has 1 heterocycles. The third-order valence-corrected chi connectivity index (χ3v) is 4.62. The van der Waals surface area contributed by atoms with Gasteiger partial charge in [0.2, 0.25) is 5.91 Å². The molecule has 128 valence electrons. The van der Waals surface area contributed by atoms with Crippen LogP contribution in [-0.4, -0.2) is 18.9 Å². The number of rotatable bonds is 4. The fourth-order valence-electron chi connectivity index (χ4n) is 2.37. The molecule has 0 aliphatic heterocycles. The summed E-state index contributed by atoms with van der Waals surface area (Å²) in [6.45, 7) is 1.38. The molecule has 3 rings (SSSR count). The molecule has 0 aliphatic carbocycles. The van der Waals surface area contributed by atoms with Gasteiger partial charge in [0.15, 0.2) is 0 Å². The van der Waals surface area contributed by atoms with Crippen LogP contribution in [0.5, 0.6) is 5.75 Å². The monoisotopic (exact) mass is 358 g/mol. The van der Waals surface area contributed by atoms with E-state index in [-0.39, 0.29) is 17.6 Å². The molecule has 3 aromatic rings. The van der Waals surface area contributed by atoms with Gasteiger partial charge < -0.3 is 15.4 Å². The first-order valence-electron chi connectivity index (χ1n) is 7.43. The molecule has 7 heteroatoms. The van der Waals surface area contributed by atoms with Gasteiger partial charge in [-0.3, -0.25) is 9.59 Å². The number of fused-ring (bicyclic) bond motifs is 1. The molecule has 5 nitrogen and oxygen atoms in total. The number of methoxy groups -OCH3 is 1. The van der Waals surface area contributed by atoms with Crippen molar-refractivity contribution in [2.75, 3.05) is 17.7 Å². The summed E-state index contributed by atoms with van der Waals surface area (Å²) in [6.07, 6.45) is 0. The lowest BCUT2D eigenvalue weighted by Gasteiger charge is -2.12. The van der Waals surface area contributed by atoms with Gasteiger partial charge in [0.05, 0.1) is 23.4 Å². The molecule has 0 spiro atoms. The fourth-order valence-corrected chi connectivity index (χ4v) is 3.34. The Morgan fingerprint density at radius 2 is 1.88 bits per heavy atom. The first kappa shape index (κ1) is 16.9. The highest BCUT2D eigenvalue weighted by atomic mass is 32.1. The number of thiophene rings is 1. The molecule has 0 bridgehead atoms. The SMILES string of the molecule is COc1ccc(NC(C)=O)c(NC(=O)c2cc3c(F)cccc3s2)c1. The number of carbonyl (C=O) groups excluding carboxylic acids is 2. The van der Waals surface area contributed by atoms with Crippen LogP contribution in [0.3, 0.4) is 0 Å². The molecular formula is C18H15FN2O3S. The molecule has 0 unspecified atom stereocenters. The summed E-state index contributed by atoms with van der Waals surface area (Å²) in [5, 5.41) is 5.80. The van der Waals surface area contributed by atoms with Crippen LogP contribution in [0.25, 0.3) is 10.1 Å². The van der Waals surface area contributed by atoms with Gasteiger partial charge in [0, 0.05) is 23.1 Å². The highest BCUT2D eigenvalue weighted by Gasteiger charge is 2.15. The van der Waals surface area contributed by atoms with Crippen LogP contribution in [0.2, 0.25) is 0 Å². The third kappa shape index (κ3) is 3.61. The van der Waals surface area contributed by atoms with E-state index in [9.17, 15) is 14.0 Å². The smallest absolute Gasteiger partial charge is 0.265 e. The molecule has 1 aromatic heterocycles. The summed E-state index contributed by atoms with van der Waals surface area (Å²) in [5.74, 6) is -0.482. The molecule has 0 atom stereocenters. The molecule has 2 N–H and O–H groups in total. The van der Waals surface area contributed by atoms with Crippen LogP contribution in [-0.2, 0) is 4.79 Å². The quantitative estimate of drug-likeness (QED) is 0.732. The second-order valence-corrected chi connectivity index (χ2v) is 6.39. The zero-order valence-electron chi connectivity index (χ0n) is 13.6. The predicted molar refractivity (Wildman–Crippen MR) is 97.0 cm³/mol. The molecule has 2 aromatic carbocycles. The van der Waals surface area contributed by atoms with E-state index in [1.807, 2.05) is 0 Å². The Balaban J connectivity index is 1.93. The average molecular weight is 358 g/mol. The number of halogens is 1. The van der Waals surface area contributed by atoms with Crippen molar-refractivity contribution in [1.82, 2.24) is 0 Å². The summed E-state index contributed by atoms with van der Waals surface area (Å²) in [7, 11) is 1.51. The molecular weight excluding hydrogens is 343 g/mol. The Labute approximate surface area is 147 Å². The van der Waals surface area contributed by atoms with Crippen LogP contribution in [0.15, 0.2) is 42.5 Å². The number of benzene rings is 2. The topological polar surface area (TPSA) is 67.4 Å². The third-order valence-electron chi connectivity index (χ3n) is 3.52. The van der Waals surface area contributed by atoms with Gasteiger partial charge in [-0.15, -0.1) is 11.3 Å². The largest absolute Gasteiger partial charge is 0.497 e. The molecule has 2 amide bonds. The van der Waals surface area contributed by atoms with Gasteiger partial charge in [-0.05, 0) is 30.3 Å². The van der Waals surface area contributed by atoms with Gasteiger partial charge in [-0.2, -0.15) is 0 Å². The van der Waals surface area contributed by atoms with Crippen molar-refractivity contribution in [3.05, 3.63) is 53.2 Å². The fraction of sp³-hybridized carbons (Fsp3) is 0.111. The Morgan fingerprint density at radius 1 is 1.08 bits per heavy atom. The van der Waals surface area contributed by atoms with E-state index >= 15 is 0 Å². The highest BCUT2D eigenvalue weighted by Crippen LogP contribution is 2.31. The normalized spacial score (nSPS) is 10.5. The van der Waals surface area contributed by atoms with Crippen molar-refractivity contribution >= 4 is 44.6 Å². The van der Waals surface area contributed by atoms with Gasteiger partial charge in [-0.1, -0.05) is 6.07 Å². The van der Waals surface area contributed by atoms with Crippen LogP contribution >= 0.6 is 11.3 Å². The summed E-state index contributed by atoms with van der Waals surface area (Å²) >= 11 is 1.20. The van der Waals surface area contributed by atoms with Gasteiger partial charge in [-0.25, -0.2) is 4.39 Å². The van der Waals surface area contributed by atoms with Crippen molar-refractivity contribution in [2.45, 2.75) is 6.92 Å². The number of hydrogen-bond donors (Lipinski definition) is 2. The zero-order chi connectivity index (χ0) is 18.0. The molecule has 0 saturated heterocycles. The van der Waals surface area contributed by atoms with Crippen LogP contribution in [0.1, 0.15) is 16.6 Å². The maximum atomic E-state index is 13.8. The average Bonchev–Trinajstić information content (AvgIpc) is 3.02. The number of amides is 2. The zero-order valence-corrected chi connectivity index (χ0v) is 14.4. The van der Waals surface area contributed by atoms with Crippen LogP contribution in [0, 0.1) is 5.82 Å². The van der Waals surface area contributed by atoms with E-state index in [1.54, 1.807) is 30.3 Å².